The molecule has 2 heterocycles. The molecule has 2 aromatic carbocycles. The number of fused-ring (bicyclic) bond motifs is 1. The maximum atomic E-state index is 12.7. The first-order valence-electron chi connectivity index (χ1n) is 9.04. The van der Waals surface area contributed by atoms with Gasteiger partial charge in [0.1, 0.15) is 0 Å². The number of carbonyl (C=O) groups excluding carboxylic acids is 1. The molecule has 146 valence electrons. The van der Waals surface area contributed by atoms with Crippen LogP contribution in [-0.4, -0.2) is 32.3 Å². The Kier molecular flexibility index (Phi) is 5.31. The first-order chi connectivity index (χ1) is 13.4. The van der Waals surface area contributed by atoms with Crippen molar-refractivity contribution in [2.75, 3.05) is 17.8 Å². The van der Waals surface area contributed by atoms with Crippen LogP contribution in [0.15, 0.2) is 53.4 Å². The second-order valence-corrected chi connectivity index (χ2v) is 9.98. The fraction of sp³-hybridized carbons (Fsp3) is 0.250. The average Bonchev–Trinajstić information content (AvgIpc) is 3.11. The minimum atomic E-state index is -3.71. The number of piperidine rings is 1. The molecule has 1 fully saturated rings. The maximum absolute atomic E-state index is 12.7. The number of nitrogens with one attached hydrogen (secondary N) is 1. The Labute approximate surface area is 173 Å². The highest BCUT2D eigenvalue weighted by molar-refractivity contribution is 7.92. The van der Waals surface area contributed by atoms with Crippen molar-refractivity contribution < 1.29 is 13.2 Å². The SMILES string of the molecule is O=C(c1cc2cc(NS(=O)(=O)c3ccc(Cl)cc3)ccc2s1)N1CCCCC1. The number of halogens is 1. The Morgan fingerprint density at radius 2 is 1.71 bits per heavy atom. The lowest BCUT2D eigenvalue weighted by Crippen LogP contribution is -2.35. The van der Waals surface area contributed by atoms with Crippen molar-refractivity contribution in [2.45, 2.75) is 24.2 Å². The summed E-state index contributed by atoms with van der Waals surface area (Å²) in [4.78, 5) is 15.4. The van der Waals surface area contributed by atoms with Crippen LogP contribution in [-0.2, 0) is 10.0 Å². The predicted molar refractivity (Wildman–Crippen MR) is 114 cm³/mol. The molecule has 8 heteroatoms. The molecule has 0 radical (unpaired) electrons. The number of nitrogens with zero attached hydrogens (tertiary/aromatic N) is 1. The molecule has 0 unspecified atom stereocenters. The van der Waals surface area contributed by atoms with Crippen LogP contribution in [0.3, 0.4) is 0 Å². The van der Waals surface area contributed by atoms with Gasteiger partial charge in [0.05, 0.1) is 9.77 Å². The smallest absolute Gasteiger partial charge is 0.263 e. The average molecular weight is 435 g/mol. The molecular weight excluding hydrogens is 416 g/mol. The Morgan fingerprint density at radius 1 is 1.00 bits per heavy atom. The summed E-state index contributed by atoms with van der Waals surface area (Å²) in [5, 5.41) is 1.33. The summed E-state index contributed by atoms with van der Waals surface area (Å²) >= 11 is 7.27. The lowest BCUT2D eigenvalue weighted by molar-refractivity contribution is 0.0729. The second kappa shape index (κ2) is 7.73. The largest absolute Gasteiger partial charge is 0.338 e. The number of anilines is 1. The van der Waals surface area contributed by atoms with Crippen LogP contribution in [0.1, 0.15) is 28.9 Å². The van der Waals surface area contributed by atoms with E-state index >= 15 is 0 Å². The molecule has 0 bridgehead atoms. The zero-order chi connectivity index (χ0) is 19.7. The van der Waals surface area contributed by atoms with E-state index in [-0.39, 0.29) is 10.8 Å². The van der Waals surface area contributed by atoms with Crippen molar-refractivity contribution in [3.05, 3.63) is 58.4 Å². The van der Waals surface area contributed by atoms with Crippen molar-refractivity contribution in [2.24, 2.45) is 0 Å². The standard InChI is InChI=1S/C20H19ClN2O3S2/c21-15-4-7-17(8-5-15)28(25,26)22-16-6-9-18-14(12-16)13-19(27-18)20(24)23-10-2-1-3-11-23/h4-9,12-13,22H,1-3,10-11H2. The Balaban J connectivity index is 1.57. The molecule has 0 atom stereocenters. The third kappa shape index (κ3) is 4.01. The van der Waals surface area contributed by atoms with E-state index in [0.29, 0.717) is 15.6 Å². The fourth-order valence-corrected chi connectivity index (χ4v) is 5.48. The normalized spacial score (nSPS) is 15.0. The number of benzene rings is 2. The molecule has 1 aliphatic rings. The van der Waals surface area contributed by atoms with E-state index in [1.165, 1.54) is 42.0 Å². The molecule has 1 amide bonds. The minimum absolute atomic E-state index is 0.0594. The maximum Gasteiger partial charge on any atom is 0.263 e. The first-order valence-corrected chi connectivity index (χ1v) is 11.7. The summed E-state index contributed by atoms with van der Waals surface area (Å²) in [6, 6.07) is 13.1. The van der Waals surface area contributed by atoms with Gasteiger partial charge in [0.25, 0.3) is 15.9 Å². The summed E-state index contributed by atoms with van der Waals surface area (Å²) in [5.74, 6) is 0.0594. The zero-order valence-electron chi connectivity index (χ0n) is 15.0. The van der Waals surface area contributed by atoms with Gasteiger partial charge in [-0.3, -0.25) is 9.52 Å². The van der Waals surface area contributed by atoms with Gasteiger partial charge < -0.3 is 4.90 Å². The predicted octanol–water partition coefficient (Wildman–Crippen LogP) is 4.98. The van der Waals surface area contributed by atoms with Crippen LogP contribution in [0.2, 0.25) is 5.02 Å². The van der Waals surface area contributed by atoms with Crippen LogP contribution >= 0.6 is 22.9 Å². The Morgan fingerprint density at radius 3 is 2.43 bits per heavy atom. The molecule has 1 saturated heterocycles. The third-order valence-corrected chi connectivity index (χ3v) is 7.50. The summed E-state index contributed by atoms with van der Waals surface area (Å²) < 4.78 is 28.7. The molecule has 1 aliphatic heterocycles. The molecule has 28 heavy (non-hydrogen) atoms. The quantitative estimate of drug-likeness (QED) is 0.629. The van der Waals surface area contributed by atoms with E-state index in [1.807, 2.05) is 17.0 Å². The number of thiophene rings is 1. The van der Waals surface area contributed by atoms with Gasteiger partial charge in [0.2, 0.25) is 0 Å². The lowest BCUT2D eigenvalue weighted by atomic mass is 10.1. The monoisotopic (exact) mass is 434 g/mol. The van der Waals surface area contributed by atoms with Crippen molar-refractivity contribution in [1.82, 2.24) is 4.90 Å². The van der Waals surface area contributed by atoms with Crippen molar-refractivity contribution in [3.8, 4) is 0 Å². The Hall–Kier alpha value is -2.09. The number of likely N-dealkylation sites (tertiary alicyclic amines) is 1. The van der Waals surface area contributed by atoms with E-state index in [9.17, 15) is 13.2 Å². The van der Waals surface area contributed by atoms with Gasteiger partial charge in [-0.25, -0.2) is 8.42 Å². The van der Waals surface area contributed by atoms with Gasteiger partial charge in [0.15, 0.2) is 0 Å². The van der Waals surface area contributed by atoms with Gasteiger partial charge in [0, 0.05) is 28.5 Å². The van der Waals surface area contributed by atoms with Gasteiger partial charge in [-0.05, 0) is 73.2 Å². The summed E-state index contributed by atoms with van der Waals surface area (Å²) in [6.45, 7) is 1.61. The van der Waals surface area contributed by atoms with Crippen LogP contribution in [0, 0.1) is 0 Å². The molecule has 1 aromatic heterocycles. The molecule has 3 aromatic rings. The minimum Gasteiger partial charge on any atom is -0.338 e. The molecule has 5 nitrogen and oxygen atoms in total. The fourth-order valence-electron chi connectivity index (χ4n) is 3.29. The Bertz CT molecular complexity index is 1120. The van der Waals surface area contributed by atoms with Gasteiger partial charge in [-0.2, -0.15) is 0 Å². The van der Waals surface area contributed by atoms with E-state index in [4.69, 9.17) is 11.6 Å². The number of hydrogen-bond acceptors (Lipinski definition) is 4. The lowest BCUT2D eigenvalue weighted by Gasteiger charge is -2.26. The highest BCUT2D eigenvalue weighted by atomic mass is 35.5. The molecule has 0 spiro atoms. The number of amides is 1. The number of sulfonamides is 1. The first kappa shape index (κ1) is 19.2. The summed E-state index contributed by atoms with van der Waals surface area (Å²) in [5.41, 5.74) is 0.456. The number of rotatable bonds is 4. The van der Waals surface area contributed by atoms with Crippen LogP contribution < -0.4 is 4.72 Å². The molecular formula is C20H19ClN2O3S2. The molecule has 1 N–H and O–H groups in total. The number of carbonyl (C=O) groups is 1. The summed E-state index contributed by atoms with van der Waals surface area (Å²) in [7, 11) is -3.71. The van der Waals surface area contributed by atoms with Crippen molar-refractivity contribution in [1.29, 1.82) is 0 Å². The van der Waals surface area contributed by atoms with Crippen LogP contribution in [0.25, 0.3) is 10.1 Å². The third-order valence-electron chi connectivity index (χ3n) is 4.75. The second-order valence-electron chi connectivity index (χ2n) is 6.78. The molecule has 0 aliphatic carbocycles. The van der Waals surface area contributed by atoms with E-state index in [2.05, 4.69) is 4.72 Å². The van der Waals surface area contributed by atoms with E-state index < -0.39 is 10.0 Å². The van der Waals surface area contributed by atoms with Crippen LogP contribution in [0.5, 0.6) is 0 Å². The molecule has 0 saturated carbocycles. The van der Waals surface area contributed by atoms with E-state index in [1.54, 1.807) is 12.1 Å². The highest BCUT2D eigenvalue weighted by Gasteiger charge is 2.20. The van der Waals surface area contributed by atoms with Gasteiger partial charge in [-0.15, -0.1) is 11.3 Å². The van der Waals surface area contributed by atoms with Gasteiger partial charge in [-0.1, -0.05) is 11.6 Å². The molecule has 4 rings (SSSR count). The topological polar surface area (TPSA) is 66.5 Å². The van der Waals surface area contributed by atoms with Crippen molar-refractivity contribution >= 4 is 54.6 Å². The number of hydrogen-bond donors (Lipinski definition) is 1. The van der Waals surface area contributed by atoms with Gasteiger partial charge >= 0.3 is 0 Å². The summed E-state index contributed by atoms with van der Waals surface area (Å²) in [6.07, 6.45) is 3.27. The zero-order valence-corrected chi connectivity index (χ0v) is 17.4. The highest BCUT2D eigenvalue weighted by Crippen LogP contribution is 2.30. The van der Waals surface area contributed by atoms with E-state index in [0.717, 1.165) is 36.0 Å². The van der Waals surface area contributed by atoms with Crippen molar-refractivity contribution in [3.63, 3.8) is 0 Å². The van der Waals surface area contributed by atoms with Crippen LogP contribution in [0.4, 0.5) is 5.69 Å².